The van der Waals surface area contributed by atoms with Gasteiger partial charge in [-0.2, -0.15) is 0 Å². The Labute approximate surface area is 270 Å². The molecule has 9 aromatic rings. The Morgan fingerprint density at radius 2 is 1.13 bits per heavy atom. The zero-order chi connectivity index (χ0) is 29.9. The van der Waals surface area contributed by atoms with E-state index in [0.717, 1.165) is 0 Å². The van der Waals surface area contributed by atoms with Crippen molar-refractivity contribution in [2.24, 2.45) is 0 Å². The molecular weight excluding hydrogens is 575 g/mol. The third kappa shape index (κ3) is 3.02. The molecule has 0 amide bonds. The van der Waals surface area contributed by atoms with Crippen LogP contribution in [0.25, 0.3) is 69.9 Å². The number of hydrogen-bond acceptors (Lipinski definition) is 2. The summed E-state index contributed by atoms with van der Waals surface area (Å²) in [5.41, 5.74) is 14.3. The molecule has 11 rings (SSSR count). The van der Waals surface area contributed by atoms with Crippen molar-refractivity contribution in [3.05, 3.63) is 152 Å². The fraction of sp³-hybridized carbons (Fsp3) is 0. The minimum Gasteiger partial charge on any atom is -0.376 e. The van der Waals surface area contributed by atoms with E-state index >= 15 is 0 Å². The highest BCUT2D eigenvalue weighted by molar-refractivity contribution is 7.27. The second kappa shape index (κ2) is 9.00. The van der Waals surface area contributed by atoms with E-state index in [9.17, 15) is 0 Å². The summed E-state index contributed by atoms with van der Waals surface area (Å²) in [7, 11) is 0. The summed E-state index contributed by atoms with van der Waals surface area (Å²) >= 11 is 1.94. The molecule has 0 spiro atoms. The first-order valence-corrected chi connectivity index (χ1v) is 16.7. The number of thiophene rings is 1. The van der Waals surface area contributed by atoms with Gasteiger partial charge in [0, 0.05) is 49.0 Å². The summed E-state index contributed by atoms with van der Waals surface area (Å²) in [5.74, 6) is 0. The Morgan fingerprint density at radius 1 is 0.500 bits per heavy atom. The van der Waals surface area contributed by atoms with Crippen LogP contribution in [0.2, 0.25) is 0 Å². The molecule has 2 aromatic heterocycles. The highest BCUT2D eigenvalue weighted by atomic mass is 32.1. The predicted octanol–water partition coefficient (Wildman–Crippen LogP) is 10.1. The van der Waals surface area contributed by atoms with Gasteiger partial charge in [-0.1, -0.05) is 115 Å². The quantitative estimate of drug-likeness (QED) is 0.170. The summed E-state index contributed by atoms with van der Waals surface area (Å²) in [5, 5.41) is 5.35. The Kier molecular flexibility index (Phi) is 4.83. The van der Waals surface area contributed by atoms with Gasteiger partial charge in [-0.05, 0) is 63.8 Å². The number of para-hydroxylation sites is 4. The van der Waals surface area contributed by atoms with Gasteiger partial charge in [0.15, 0.2) is 0 Å². The first-order chi connectivity index (χ1) is 22.9. The molecule has 0 aliphatic carbocycles. The Morgan fingerprint density at radius 3 is 1.98 bits per heavy atom. The van der Waals surface area contributed by atoms with E-state index in [1.54, 1.807) is 0 Å². The smallest absolute Gasteiger partial charge is 0.330 e. The normalized spacial score (nSPS) is 13.1. The SMILES string of the molecule is c1ccc(-n2c3ccccc3c3c4c(c5c6ccccc6sc5c32)B2c3ccccc3-c3ccccc3N2c2ccccc2-4)cc1. The Balaban J connectivity index is 1.44. The highest BCUT2D eigenvalue weighted by Gasteiger charge is 2.45. The number of fused-ring (bicyclic) bond motifs is 20. The van der Waals surface area contributed by atoms with Crippen LogP contribution in [0.15, 0.2) is 152 Å². The van der Waals surface area contributed by atoms with Crippen LogP contribution in [0.1, 0.15) is 0 Å². The third-order valence-corrected chi connectivity index (χ3v) is 11.3. The van der Waals surface area contributed by atoms with Crippen molar-refractivity contribution in [3.8, 4) is 27.9 Å². The van der Waals surface area contributed by atoms with E-state index in [-0.39, 0.29) is 6.85 Å². The lowest BCUT2D eigenvalue weighted by molar-refractivity contribution is 1.19. The molecule has 0 saturated heterocycles. The average molecular weight is 601 g/mol. The molecular formula is C42H25BN2S. The lowest BCUT2D eigenvalue weighted by atomic mass is 9.42. The number of anilines is 2. The molecule has 2 aliphatic rings. The summed E-state index contributed by atoms with van der Waals surface area (Å²) in [6.07, 6.45) is 0. The number of rotatable bonds is 1. The lowest BCUT2D eigenvalue weighted by Gasteiger charge is -2.44. The van der Waals surface area contributed by atoms with E-state index in [0.29, 0.717) is 0 Å². The molecule has 0 N–H and O–H groups in total. The standard InChI is InChI=1S/C42H25BN2S/c1-2-14-26(15-3-1)44-33-22-10-6-18-29(33)38-37-30-19-7-12-24-35(30)45-34-23-11-5-17-28(34)27-16-4-9-21-32(27)43(45)40(37)39-31-20-8-13-25-36(31)46-42(39)41(38)44/h1-25H. The molecule has 46 heavy (non-hydrogen) atoms. The highest BCUT2D eigenvalue weighted by Crippen LogP contribution is 2.52. The summed E-state index contributed by atoms with van der Waals surface area (Å²) in [6.45, 7) is 0.0275. The van der Waals surface area contributed by atoms with Crippen molar-refractivity contribution in [1.82, 2.24) is 4.57 Å². The van der Waals surface area contributed by atoms with Gasteiger partial charge in [0.25, 0.3) is 0 Å². The van der Waals surface area contributed by atoms with Gasteiger partial charge in [0.05, 0.1) is 15.7 Å². The number of benzene rings is 7. The topological polar surface area (TPSA) is 8.17 Å². The molecule has 0 unspecified atom stereocenters. The zero-order valence-corrected chi connectivity index (χ0v) is 25.6. The molecule has 0 bridgehead atoms. The third-order valence-electron chi connectivity index (χ3n) is 10.2. The van der Waals surface area contributed by atoms with E-state index < -0.39 is 0 Å². The van der Waals surface area contributed by atoms with E-state index in [2.05, 4.69) is 161 Å². The van der Waals surface area contributed by atoms with E-state index in [1.807, 2.05) is 11.3 Å². The summed E-state index contributed by atoms with van der Waals surface area (Å²) in [4.78, 5) is 2.63. The molecule has 212 valence electrons. The summed E-state index contributed by atoms with van der Waals surface area (Å²) in [6, 6.07) is 56.1. The Hall–Kier alpha value is -5.58. The molecule has 0 atom stereocenters. The molecule has 4 heterocycles. The fourth-order valence-electron chi connectivity index (χ4n) is 8.46. The van der Waals surface area contributed by atoms with Crippen molar-refractivity contribution in [1.29, 1.82) is 0 Å². The van der Waals surface area contributed by atoms with Gasteiger partial charge in [0.2, 0.25) is 0 Å². The molecule has 4 heteroatoms. The average Bonchev–Trinajstić information content (AvgIpc) is 3.68. The first kappa shape index (κ1) is 24.7. The Bertz CT molecular complexity index is 2720. The van der Waals surface area contributed by atoms with Crippen LogP contribution in [0, 0.1) is 0 Å². The van der Waals surface area contributed by atoms with Crippen LogP contribution in [0.3, 0.4) is 0 Å². The van der Waals surface area contributed by atoms with Crippen molar-refractivity contribution in [2.75, 3.05) is 4.81 Å². The van der Waals surface area contributed by atoms with Gasteiger partial charge >= 0.3 is 6.85 Å². The van der Waals surface area contributed by atoms with Crippen LogP contribution in [-0.2, 0) is 0 Å². The van der Waals surface area contributed by atoms with Gasteiger partial charge in [0.1, 0.15) is 0 Å². The largest absolute Gasteiger partial charge is 0.376 e. The first-order valence-electron chi connectivity index (χ1n) is 15.9. The molecule has 0 radical (unpaired) electrons. The summed E-state index contributed by atoms with van der Waals surface area (Å²) < 4.78 is 5.19. The van der Waals surface area contributed by atoms with Crippen molar-refractivity contribution in [2.45, 2.75) is 0 Å². The molecule has 7 aromatic carbocycles. The molecule has 0 fully saturated rings. The lowest BCUT2D eigenvalue weighted by Crippen LogP contribution is -2.59. The molecule has 2 nitrogen and oxygen atoms in total. The number of hydrogen-bond donors (Lipinski definition) is 0. The molecule has 2 aliphatic heterocycles. The number of aromatic nitrogens is 1. The van der Waals surface area contributed by atoms with E-state index in [4.69, 9.17) is 0 Å². The zero-order valence-electron chi connectivity index (χ0n) is 24.8. The van der Waals surface area contributed by atoms with Crippen molar-refractivity contribution in [3.63, 3.8) is 0 Å². The maximum Gasteiger partial charge on any atom is 0.330 e. The minimum absolute atomic E-state index is 0.0275. The van der Waals surface area contributed by atoms with Crippen molar-refractivity contribution >= 4 is 82.5 Å². The van der Waals surface area contributed by atoms with Crippen molar-refractivity contribution < 1.29 is 0 Å². The predicted molar refractivity (Wildman–Crippen MR) is 198 cm³/mol. The second-order valence-corrected chi connectivity index (χ2v) is 13.4. The van der Waals surface area contributed by atoms with Gasteiger partial charge in [-0.15, -0.1) is 11.3 Å². The van der Waals surface area contributed by atoms with Crippen LogP contribution in [0.5, 0.6) is 0 Å². The van der Waals surface area contributed by atoms with E-state index in [1.165, 1.54) is 92.2 Å². The molecule has 0 saturated carbocycles. The maximum absolute atomic E-state index is 2.63. The van der Waals surface area contributed by atoms with Crippen LogP contribution < -0.4 is 15.7 Å². The van der Waals surface area contributed by atoms with Gasteiger partial charge < -0.3 is 9.38 Å². The van der Waals surface area contributed by atoms with Crippen LogP contribution in [0.4, 0.5) is 11.4 Å². The second-order valence-electron chi connectivity index (χ2n) is 12.4. The van der Waals surface area contributed by atoms with Crippen LogP contribution >= 0.6 is 11.3 Å². The number of nitrogens with zero attached hydrogens (tertiary/aromatic N) is 2. The maximum atomic E-state index is 2.63. The van der Waals surface area contributed by atoms with Crippen LogP contribution in [-0.4, -0.2) is 11.4 Å². The fourth-order valence-corrected chi connectivity index (χ4v) is 9.72. The van der Waals surface area contributed by atoms with Gasteiger partial charge in [-0.3, -0.25) is 0 Å². The monoisotopic (exact) mass is 600 g/mol. The van der Waals surface area contributed by atoms with Gasteiger partial charge in [-0.25, -0.2) is 0 Å². The minimum atomic E-state index is 0.0275.